The van der Waals surface area contributed by atoms with E-state index in [9.17, 15) is 4.79 Å². The normalized spacial score (nSPS) is 25.9. The van der Waals surface area contributed by atoms with Gasteiger partial charge in [-0.25, -0.2) is 0 Å². The summed E-state index contributed by atoms with van der Waals surface area (Å²) >= 11 is 0. The molecule has 0 aromatic carbocycles. The summed E-state index contributed by atoms with van der Waals surface area (Å²) < 4.78 is 10.5. The number of aryl methyl sites for hydroxylation is 2. The van der Waals surface area contributed by atoms with Gasteiger partial charge in [-0.05, 0) is 19.3 Å². The molecule has 2 saturated heterocycles. The predicted molar refractivity (Wildman–Crippen MR) is 83.9 cm³/mol. The maximum absolute atomic E-state index is 12.4. The lowest BCUT2D eigenvalue weighted by molar-refractivity contribution is -0.130. The van der Waals surface area contributed by atoms with Crippen molar-refractivity contribution in [3.63, 3.8) is 0 Å². The molecule has 0 spiro atoms. The second kappa shape index (κ2) is 7.40. The molecule has 0 radical (unpaired) electrons. The van der Waals surface area contributed by atoms with Gasteiger partial charge in [0.15, 0.2) is 5.82 Å². The van der Waals surface area contributed by atoms with Crippen LogP contribution in [0.1, 0.15) is 31.5 Å². The van der Waals surface area contributed by atoms with Gasteiger partial charge in [0.2, 0.25) is 11.8 Å². The average Bonchev–Trinajstić information content (AvgIpc) is 3.14. The highest BCUT2D eigenvalue weighted by molar-refractivity contribution is 5.76. The Morgan fingerprint density at radius 3 is 2.78 bits per heavy atom. The van der Waals surface area contributed by atoms with Gasteiger partial charge in [-0.2, -0.15) is 4.98 Å². The van der Waals surface area contributed by atoms with E-state index in [1.807, 2.05) is 4.90 Å². The van der Waals surface area contributed by atoms with Gasteiger partial charge in [0.05, 0.1) is 13.2 Å². The quantitative estimate of drug-likeness (QED) is 0.801. The number of hydrogen-bond acceptors (Lipinski definition) is 6. The third-order valence-electron chi connectivity index (χ3n) is 4.79. The molecule has 0 bridgehead atoms. The molecule has 1 aromatic heterocycles. The number of amides is 1. The smallest absolute Gasteiger partial charge is 0.226 e. The molecule has 0 saturated carbocycles. The molecule has 2 aliphatic rings. The molecule has 0 unspecified atom stereocenters. The number of ether oxygens (including phenoxy) is 1. The van der Waals surface area contributed by atoms with Crippen LogP contribution in [0.25, 0.3) is 0 Å². The lowest BCUT2D eigenvalue weighted by atomic mass is 10.0. The predicted octanol–water partition coefficient (Wildman–Crippen LogP) is 0.880. The van der Waals surface area contributed by atoms with Crippen LogP contribution < -0.4 is 0 Å². The van der Waals surface area contributed by atoms with E-state index in [4.69, 9.17) is 9.26 Å². The second-order valence-corrected chi connectivity index (χ2v) is 6.58. The number of carbonyl (C=O) groups is 1. The standard InChI is InChI=1S/C16H26N4O3/c1-12-10-20(11-14(12)19-6-8-22-9-7-19)16(21)5-3-4-15-17-13(2)18-23-15/h12,14H,3-11H2,1-2H3/t12-,14+/m0/s1. The molecule has 7 nitrogen and oxygen atoms in total. The molecule has 1 aromatic rings. The largest absolute Gasteiger partial charge is 0.379 e. The fourth-order valence-electron chi connectivity index (χ4n) is 3.53. The molecular weight excluding hydrogens is 296 g/mol. The van der Waals surface area contributed by atoms with Crippen LogP contribution in [0.5, 0.6) is 0 Å². The van der Waals surface area contributed by atoms with Gasteiger partial charge in [0.25, 0.3) is 0 Å². The van der Waals surface area contributed by atoms with Crippen LogP contribution in [0.2, 0.25) is 0 Å². The molecular formula is C16H26N4O3. The van der Waals surface area contributed by atoms with Crippen LogP contribution in [-0.4, -0.2) is 71.3 Å². The molecule has 23 heavy (non-hydrogen) atoms. The van der Waals surface area contributed by atoms with E-state index in [0.29, 0.717) is 36.5 Å². The zero-order valence-corrected chi connectivity index (χ0v) is 14.0. The van der Waals surface area contributed by atoms with Crippen LogP contribution in [-0.2, 0) is 16.0 Å². The highest BCUT2D eigenvalue weighted by atomic mass is 16.5. The van der Waals surface area contributed by atoms with Crippen molar-refractivity contribution in [3.05, 3.63) is 11.7 Å². The van der Waals surface area contributed by atoms with Gasteiger partial charge in [-0.15, -0.1) is 0 Å². The Labute approximate surface area is 137 Å². The monoisotopic (exact) mass is 322 g/mol. The Morgan fingerprint density at radius 1 is 1.30 bits per heavy atom. The Bertz CT molecular complexity index is 527. The van der Waals surface area contributed by atoms with Crippen molar-refractivity contribution in [2.75, 3.05) is 39.4 Å². The summed E-state index contributed by atoms with van der Waals surface area (Å²) in [6.07, 6.45) is 1.97. The van der Waals surface area contributed by atoms with Gasteiger partial charge in [-0.3, -0.25) is 9.69 Å². The molecule has 128 valence electrons. The van der Waals surface area contributed by atoms with Gasteiger partial charge < -0.3 is 14.2 Å². The van der Waals surface area contributed by atoms with E-state index in [-0.39, 0.29) is 5.91 Å². The average molecular weight is 322 g/mol. The lowest BCUT2D eigenvalue weighted by Crippen LogP contribution is -2.47. The van der Waals surface area contributed by atoms with Crippen molar-refractivity contribution < 1.29 is 14.1 Å². The minimum absolute atomic E-state index is 0.240. The summed E-state index contributed by atoms with van der Waals surface area (Å²) in [5, 5.41) is 3.77. The first-order chi connectivity index (χ1) is 11.1. The van der Waals surface area contributed by atoms with Crippen LogP contribution in [0.15, 0.2) is 4.52 Å². The van der Waals surface area contributed by atoms with Gasteiger partial charge >= 0.3 is 0 Å². The van der Waals surface area contributed by atoms with Crippen molar-refractivity contribution in [2.45, 2.75) is 39.2 Å². The van der Waals surface area contributed by atoms with Crippen LogP contribution >= 0.6 is 0 Å². The highest BCUT2D eigenvalue weighted by Gasteiger charge is 2.36. The minimum atomic E-state index is 0.240. The molecule has 0 aliphatic carbocycles. The SMILES string of the molecule is Cc1noc(CCCC(=O)N2C[C@@H](N3CCOCC3)[C@@H](C)C2)n1. The van der Waals surface area contributed by atoms with E-state index >= 15 is 0 Å². The zero-order valence-electron chi connectivity index (χ0n) is 14.0. The summed E-state index contributed by atoms with van der Waals surface area (Å²) in [6.45, 7) is 9.33. The van der Waals surface area contributed by atoms with Crippen molar-refractivity contribution in [3.8, 4) is 0 Å². The fourth-order valence-corrected chi connectivity index (χ4v) is 3.53. The fraction of sp³-hybridized carbons (Fsp3) is 0.812. The first-order valence-electron chi connectivity index (χ1n) is 8.52. The number of morpholine rings is 1. The molecule has 3 heterocycles. The zero-order chi connectivity index (χ0) is 16.2. The van der Waals surface area contributed by atoms with Gasteiger partial charge in [-0.1, -0.05) is 12.1 Å². The van der Waals surface area contributed by atoms with E-state index in [1.165, 1.54) is 0 Å². The first kappa shape index (κ1) is 16.4. The third-order valence-corrected chi connectivity index (χ3v) is 4.79. The van der Waals surface area contributed by atoms with Crippen LogP contribution in [0, 0.1) is 12.8 Å². The Morgan fingerprint density at radius 2 is 2.09 bits per heavy atom. The molecule has 2 fully saturated rings. The summed E-state index contributed by atoms with van der Waals surface area (Å²) in [7, 11) is 0. The van der Waals surface area contributed by atoms with E-state index in [1.54, 1.807) is 6.92 Å². The molecule has 1 amide bonds. The second-order valence-electron chi connectivity index (χ2n) is 6.58. The lowest BCUT2D eigenvalue weighted by Gasteiger charge is -2.34. The van der Waals surface area contributed by atoms with Gasteiger partial charge in [0.1, 0.15) is 0 Å². The van der Waals surface area contributed by atoms with Crippen molar-refractivity contribution >= 4 is 5.91 Å². The number of nitrogens with zero attached hydrogens (tertiary/aromatic N) is 4. The number of rotatable bonds is 5. The molecule has 2 atom stereocenters. The Balaban J connectivity index is 1.44. The molecule has 7 heteroatoms. The number of aromatic nitrogens is 2. The van der Waals surface area contributed by atoms with Crippen LogP contribution in [0.3, 0.4) is 0 Å². The number of likely N-dealkylation sites (tertiary alicyclic amines) is 1. The molecule has 3 rings (SSSR count). The summed E-state index contributed by atoms with van der Waals surface area (Å²) in [4.78, 5) is 21.1. The number of carbonyl (C=O) groups excluding carboxylic acids is 1. The topological polar surface area (TPSA) is 71.7 Å². The summed E-state index contributed by atoms with van der Waals surface area (Å²) in [5.41, 5.74) is 0. The maximum atomic E-state index is 12.4. The number of hydrogen-bond donors (Lipinski definition) is 0. The van der Waals surface area contributed by atoms with Crippen LogP contribution in [0.4, 0.5) is 0 Å². The van der Waals surface area contributed by atoms with Crippen molar-refractivity contribution in [1.82, 2.24) is 19.9 Å². The van der Waals surface area contributed by atoms with E-state index in [2.05, 4.69) is 22.0 Å². The summed E-state index contributed by atoms with van der Waals surface area (Å²) in [5.74, 6) is 2.03. The molecule has 2 aliphatic heterocycles. The van der Waals surface area contributed by atoms with E-state index < -0.39 is 0 Å². The minimum Gasteiger partial charge on any atom is -0.379 e. The highest BCUT2D eigenvalue weighted by Crippen LogP contribution is 2.23. The van der Waals surface area contributed by atoms with Crippen molar-refractivity contribution in [2.24, 2.45) is 5.92 Å². The Kier molecular flexibility index (Phi) is 5.27. The van der Waals surface area contributed by atoms with Gasteiger partial charge in [0, 0.05) is 45.1 Å². The third kappa shape index (κ3) is 4.09. The molecule has 0 N–H and O–H groups in total. The van der Waals surface area contributed by atoms with E-state index in [0.717, 1.165) is 45.8 Å². The summed E-state index contributed by atoms with van der Waals surface area (Å²) in [6, 6.07) is 0.474. The Hall–Kier alpha value is -1.47. The first-order valence-corrected chi connectivity index (χ1v) is 8.52. The van der Waals surface area contributed by atoms with Crippen molar-refractivity contribution in [1.29, 1.82) is 0 Å². The maximum Gasteiger partial charge on any atom is 0.226 e.